The third-order valence-corrected chi connectivity index (χ3v) is 0.780. The molecule has 62 valence electrons. The van der Waals surface area contributed by atoms with Gasteiger partial charge in [-0.05, 0) is 19.9 Å². The van der Waals surface area contributed by atoms with Gasteiger partial charge in [0, 0.05) is 6.20 Å². The minimum absolute atomic E-state index is 0.0656. The Labute approximate surface area is 67.3 Å². The maximum absolute atomic E-state index is 5.36. The second-order valence-electron chi connectivity index (χ2n) is 2.21. The molecule has 2 N–H and O–H groups in total. The van der Waals surface area contributed by atoms with Gasteiger partial charge >= 0.3 is 0 Å². The van der Waals surface area contributed by atoms with Crippen molar-refractivity contribution >= 4 is 6.02 Å². The van der Waals surface area contributed by atoms with Gasteiger partial charge in [-0.3, -0.25) is 0 Å². The van der Waals surface area contributed by atoms with E-state index in [-0.39, 0.29) is 12.1 Å². The van der Waals surface area contributed by atoms with E-state index < -0.39 is 0 Å². The highest BCUT2D eigenvalue weighted by Gasteiger charge is 1.93. The number of amidine groups is 1. The Hall–Kier alpha value is -1.25. The van der Waals surface area contributed by atoms with Crippen molar-refractivity contribution in [1.82, 2.24) is 0 Å². The van der Waals surface area contributed by atoms with Gasteiger partial charge in [-0.15, -0.1) is 0 Å². The van der Waals surface area contributed by atoms with Crippen molar-refractivity contribution in [3.63, 3.8) is 0 Å². The van der Waals surface area contributed by atoms with Crippen molar-refractivity contribution < 1.29 is 4.74 Å². The molecule has 0 aromatic carbocycles. The van der Waals surface area contributed by atoms with Crippen LogP contribution in [0.25, 0.3) is 0 Å². The van der Waals surface area contributed by atoms with Crippen LogP contribution in [0, 0.1) is 0 Å². The summed E-state index contributed by atoms with van der Waals surface area (Å²) in [6.07, 6.45) is 4.89. The monoisotopic (exact) mass is 154 g/mol. The summed E-state index contributed by atoms with van der Waals surface area (Å²) >= 11 is 0. The van der Waals surface area contributed by atoms with E-state index in [4.69, 9.17) is 10.5 Å². The van der Waals surface area contributed by atoms with Crippen LogP contribution in [0.15, 0.2) is 29.9 Å². The van der Waals surface area contributed by atoms with Crippen molar-refractivity contribution in [2.75, 3.05) is 0 Å². The zero-order chi connectivity index (χ0) is 8.69. The van der Waals surface area contributed by atoms with Gasteiger partial charge in [-0.2, -0.15) is 0 Å². The number of hydrogen-bond donors (Lipinski definition) is 1. The lowest BCUT2D eigenvalue weighted by Crippen LogP contribution is -2.19. The molecule has 0 heterocycles. The molecule has 0 aliphatic heterocycles. The van der Waals surface area contributed by atoms with Crippen molar-refractivity contribution in [1.29, 1.82) is 0 Å². The van der Waals surface area contributed by atoms with Crippen molar-refractivity contribution in [2.45, 2.75) is 20.0 Å². The van der Waals surface area contributed by atoms with Crippen LogP contribution in [0.1, 0.15) is 13.8 Å². The third-order valence-electron chi connectivity index (χ3n) is 0.780. The minimum Gasteiger partial charge on any atom is -0.462 e. The van der Waals surface area contributed by atoms with Crippen LogP contribution >= 0.6 is 0 Å². The lowest BCUT2D eigenvalue weighted by atomic mass is 10.5. The van der Waals surface area contributed by atoms with Crippen molar-refractivity contribution in [2.24, 2.45) is 10.7 Å². The molecule has 11 heavy (non-hydrogen) atoms. The molecule has 0 radical (unpaired) electrons. The van der Waals surface area contributed by atoms with Gasteiger partial charge in [0.1, 0.15) is 0 Å². The summed E-state index contributed by atoms with van der Waals surface area (Å²) in [7, 11) is 0. The SMILES string of the molecule is C=C/C=C\N=C(N)OC(C)C. The van der Waals surface area contributed by atoms with Gasteiger partial charge in [0.2, 0.25) is 0 Å². The fraction of sp³-hybridized carbons (Fsp3) is 0.375. The number of hydrogen-bond acceptors (Lipinski definition) is 2. The molecule has 0 aromatic heterocycles. The maximum Gasteiger partial charge on any atom is 0.286 e. The molecule has 0 rings (SSSR count). The van der Waals surface area contributed by atoms with Gasteiger partial charge in [0.15, 0.2) is 0 Å². The summed E-state index contributed by atoms with van der Waals surface area (Å²) in [5.41, 5.74) is 5.36. The third kappa shape index (κ3) is 6.64. The molecule has 0 saturated heterocycles. The molecule has 0 bridgehead atoms. The number of nitrogens with zero attached hydrogens (tertiary/aromatic N) is 1. The number of ether oxygens (including phenoxy) is 1. The van der Waals surface area contributed by atoms with E-state index in [2.05, 4.69) is 11.6 Å². The first-order chi connectivity index (χ1) is 5.16. The second kappa shape index (κ2) is 5.53. The molecule has 3 heteroatoms. The summed E-state index contributed by atoms with van der Waals surface area (Å²) in [4.78, 5) is 3.77. The van der Waals surface area contributed by atoms with Gasteiger partial charge in [0.25, 0.3) is 6.02 Å². The van der Waals surface area contributed by atoms with Crippen LogP contribution in [0.4, 0.5) is 0 Å². The van der Waals surface area contributed by atoms with Crippen molar-refractivity contribution in [3.8, 4) is 0 Å². The summed E-state index contributed by atoms with van der Waals surface area (Å²) in [5, 5.41) is 0. The Bertz CT molecular complexity index is 171. The largest absolute Gasteiger partial charge is 0.462 e. The molecule has 0 amide bonds. The lowest BCUT2D eigenvalue weighted by molar-refractivity contribution is 0.224. The molecule has 0 atom stereocenters. The standard InChI is InChI=1S/C8H14N2O/c1-4-5-6-10-8(9)11-7(2)3/h4-7H,1H2,2-3H3,(H2,9,10)/b6-5-. The van der Waals surface area contributed by atoms with Crippen LogP contribution in [0.2, 0.25) is 0 Å². The van der Waals surface area contributed by atoms with E-state index in [1.54, 1.807) is 12.2 Å². The van der Waals surface area contributed by atoms with E-state index in [0.717, 1.165) is 0 Å². The molecule has 0 aliphatic carbocycles. The zero-order valence-electron chi connectivity index (χ0n) is 6.95. The number of aliphatic imine (C=N–C) groups is 1. The topological polar surface area (TPSA) is 47.6 Å². The zero-order valence-corrected chi connectivity index (χ0v) is 6.95. The van der Waals surface area contributed by atoms with Crippen LogP contribution in [-0.4, -0.2) is 12.1 Å². The average Bonchev–Trinajstić information content (AvgIpc) is 1.86. The van der Waals surface area contributed by atoms with Gasteiger partial charge in [-0.25, -0.2) is 4.99 Å². The molecule has 0 aliphatic rings. The quantitative estimate of drug-likeness (QED) is 0.379. The molecule has 3 nitrogen and oxygen atoms in total. The Kier molecular flexibility index (Phi) is 4.90. The summed E-state index contributed by atoms with van der Waals surface area (Å²) in [6.45, 7) is 7.26. The summed E-state index contributed by atoms with van der Waals surface area (Å²) in [6, 6.07) is 0.179. The Morgan fingerprint density at radius 2 is 2.27 bits per heavy atom. The number of rotatable bonds is 3. The molecule has 0 aromatic rings. The van der Waals surface area contributed by atoms with Crippen LogP contribution in [0.3, 0.4) is 0 Å². The Morgan fingerprint density at radius 1 is 1.64 bits per heavy atom. The van der Waals surface area contributed by atoms with Crippen LogP contribution < -0.4 is 5.73 Å². The summed E-state index contributed by atoms with van der Waals surface area (Å²) < 4.78 is 5.04. The normalized spacial score (nSPS) is 12.5. The van der Waals surface area contributed by atoms with Crippen molar-refractivity contribution in [3.05, 3.63) is 24.9 Å². The van der Waals surface area contributed by atoms with Gasteiger partial charge in [-0.1, -0.05) is 12.7 Å². The van der Waals surface area contributed by atoms with E-state index in [9.17, 15) is 0 Å². The molecule has 0 spiro atoms. The maximum atomic E-state index is 5.36. The van der Waals surface area contributed by atoms with E-state index in [1.165, 1.54) is 6.20 Å². The molecular weight excluding hydrogens is 140 g/mol. The van der Waals surface area contributed by atoms with Gasteiger partial charge in [0.05, 0.1) is 6.10 Å². The number of allylic oxidation sites excluding steroid dienone is 2. The molecule has 0 fully saturated rings. The van der Waals surface area contributed by atoms with Gasteiger partial charge < -0.3 is 10.5 Å². The van der Waals surface area contributed by atoms with E-state index in [1.807, 2.05) is 13.8 Å². The first kappa shape index (κ1) is 9.75. The first-order valence-corrected chi connectivity index (χ1v) is 3.44. The predicted molar refractivity (Wildman–Crippen MR) is 47.2 cm³/mol. The highest BCUT2D eigenvalue weighted by atomic mass is 16.5. The van der Waals surface area contributed by atoms with E-state index in [0.29, 0.717) is 0 Å². The average molecular weight is 154 g/mol. The minimum atomic E-state index is 0.0656. The number of nitrogens with two attached hydrogens (primary N) is 1. The predicted octanol–water partition coefficient (Wildman–Crippen LogP) is 1.43. The smallest absolute Gasteiger partial charge is 0.286 e. The Balaban J connectivity index is 3.80. The fourth-order valence-corrected chi connectivity index (χ4v) is 0.449. The highest BCUT2D eigenvalue weighted by Crippen LogP contribution is 1.87. The summed E-state index contributed by atoms with van der Waals surface area (Å²) in [5.74, 6) is 0. The van der Waals surface area contributed by atoms with Crippen LogP contribution in [0.5, 0.6) is 0 Å². The molecule has 0 saturated carbocycles. The first-order valence-electron chi connectivity index (χ1n) is 3.44. The second-order valence-corrected chi connectivity index (χ2v) is 2.21. The fourth-order valence-electron chi connectivity index (χ4n) is 0.449. The molecule has 0 unspecified atom stereocenters. The van der Waals surface area contributed by atoms with E-state index >= 15 is 0 Å². The van der Waals surface area contributed by atoms with Crippen LogP contribution in [-0.2, 0) is 4.74 Å². The Morgan fingerprint density at radius 3 is 2.73 bits per heavy atom. The molecular formula is C8H14N2O. The lowest BCUT2D eigenvalue weighted by Gasteiger charge is -2.05. The highest BCUT2D eigenvalue weighted by molar-refractivity contribution is 5.72.